The van der Waals surface area contributed by atoms with Gasteiger partial charge in [0.1, 0.15) is 11.6 Å². The number of benzene rings is 1. The molecule has 1 saturated carbocycles. The zero-order valence-electron chi connectivity index (χ0n) is 14.2. The molecule has 1 aliphatic rings. The monoisotopic (exact) mass is 328 g/mol. The minimum Gasteiger partial charge on any atom is -0.369 e. The second kappa shape index (κ2) is 8.08. The normalized spacial score (nSPS) is 15.2. The molecule has 0 atom stereocenters. The third kappa shape index (κ3) is 4.43. The summed E-state index contributed by atoms with van der Waals surface area (Å²) >= 11 is 0. The van der Waals surface area contributed by atoms with Crippen LogP contribution in [-0.4, -0.2) is 16.5 Å². The highest BCUT2D eigenvalue weighted by Gasteiger charge is 2.14. The molecule has 128 valence electrons. The van der Waals surface area contributed by atoms with E-state index in [0.29, 0.717) is 18.1 Å². The fourth-order valence-electron chi connectivity index (χ4n) is 3.15. The van der Waals surface area contributed by atoms with Gasteiger partial charge in [0.05, 0.1) is 0 Å². The van der Waals surface area contributed by atoms with Crippen LogP contribution in [0.4, 0.5) is 16.2 Å². The highest BCUT2D eigenvalue weighted by molar-refractivity contribution is 5.46. The van der Waals surface area contributed by atoms with Crippen molar-refractivity contribution >= 4 is 11.8 Å². The van der Waals surface area contributed by atoms with Gasteiger partial charge in [0, 0.05) is 30.4 Å². The molecule has 0 bridgehead atoms. The number of halogens is 1. The number of nitrogens with one attached hydrogen (secondary N) is 2. The molecule has 1 aromatic carbocycles. The summed E-state index contributed by atoms with van der Waals surface area (Å²) in [6.07, 6.45) is 8.45. The highest BCUT2D eigenvalue weighted by atomic mass is 19.1. The molecule has 5 heteroatoms. The number of anilines is 2. The van der Waals surface area contributed by atoms with Crippen LogP contribution in [0, 0.1) is 18.7 Å². The standard InChI is InChI=1S/C19H25FN4/c1-14-11-22-19(23-13-16-9-5-6-10-17(16)20)24-18(14)21-12-15-7-3-2-4-8-15/h5-6,9-11,15H,2-4,7-8,12-13H2,1H3,(H2,21,22,23,24). The molecule has 4 nitrogen and oxygen atoms in total. The second-order valence-electron chi connectivity index (χ2n) is 6.56. The van der Waals surface area contributed by atoms with Crippen molar-refractivity contribution in [3.63, 3.8) is 0 Å². The summed E-state index contributed by atoms with van der Waals surface area (Å²) in [7, 11) is 0. The predicted octanol–water partition coefficient (Wildman–Crippen LogP) is 4.53. The van der Waals surface area contributed by atoms with Crippen LogP contribution in [0.3, 0.4) is 0 Å². The first-order chi connectivity index (χ1) is 11.7. The molecule has 0 spiro atoms. The summed E-state index contributed by atoms with van der Waals surface area (Å²) < 4.78 is 13.7. The first-order valence-corrected chi connectivity index (χ1v) is 8.77. The number of aromatic nitrogens is 2. The highest BCUT2D eigenvalue weighted by Crippen LogP contribution is 2.24. The lowest BCUT2D eigenvalue weighted by molar-refractivity contribution is 0.373. The van der Waals surface area contributed by atoms with Crippen LogP contribution in [0.2, 0.25) is 0 Å². The SMILES string of the molecule is Cc1cnc(NCc2ccccc2F)nc1NCC1CCCCC1. The van der Waals surface area contributed by atoms with E-state index in [9.17, 15) is 4.39 Å². The summed E-state index contributed by atoms with van der Waals surface area (Å²) in [5.74, 6) is 1.91. The summed E-state index contributed by atoms with van der Waals surface area (Å²) in [6.45, 7) is 3.34. The van der Waals surface area contributed by atoms with Crippen molar-refractivity contribution in [1.82, 2.24) is 9.97 Å². The Hall–Kier alpha value is -2.17. The van der Waals surface area contributed by atoms with E-state index in [1.54, 1.807) is 18.3 Å². The van der Waals surface area contributed by atoms with Gasteiger partial charge in [-0.15, -0.1) is 0 Å². The van der Waals surface area contributed by atoms with E-state index in [0.717, 1.165) is 23.8 Å². The lowest BCUT2D eigenvalue weighted by Gasteiger charge is -2.22. The average molecular weight is 328 g/mol. The molecule has 3 rings (SSSR count). The van der Waals surface area contributed by atoms with E-state index in [4.69, 9.17) is 0 Å². The molecule has 0 radical (unpaired) electrons. The molecule has 1 aliphatic carbocycles. The van der Waals surface area contributed by atoms with Gasteiger partial charge in [0.15, 0.2) is 0 Å². The van der Waals surface area contributed by atoms with E-state index in [-0.39, 0.29) is 5.82 Å². The third-order valence-corrected chi connectivity index (χ3v) is 4.65. The maximum absolute atomic E-state index is 13.7. The number of hydrogen-bond acceptors (Lipinski definition) is 4. The number of rotatable bonds is 6. The first kappa shape index (κ1) is 16.7. The Morgan fingerprint density at radius 3 is 2.71 bits per heavy atom. The molecule has 1 aromatic heterocycles. The Morgan fingerprint density at radius 2 is 1.92 bits per heavy atom. The van der Waals surface area contributed by atoms with Gasteiger partial charge >= 0.3 is 0 Å². The second-order valence-corrected chi connectivity index (χ2v) is 6.56. The van der Waals surface area contributed by atoms with E-state index in [1.807, 2.05) is 13.0 Å². The van der Waals surface area contributed by atoms with Gasteiger partial charge in [0.25, 0.3) is 0 Å². The summed E-state index contributed by atoms with van der Waals surface area (Å²) in [5, 5.41) is 6.57. The molecular formula is C19H25FN4. The predicted molar refractivity (Wildman–Crippen MR) is 95.6 cm³/mol. The van der Waals surface area contributed by atoms with Crippen LogP contribution in [0.15, 0.2) is 30.5 Å². The summed E-state index contributed by atoms with van der Waals surface area (Å²) in [6, 6.07) is 6.74. The Balaban J connectivity index is 1.59. The number of aryl methyl sites for hydroxylation is 1. The van der Waals surface area contributed by atoms with Gasteiger partial charge in [-0.1, -0.05) is 37.5 Å². The Kier molecular flexibility index (Phi) is 5.62. The smallest absolute Gasteiger partial charge is 0.224 e. The molecule has 1 fully saturated rings. The van der Waals surface area contributed by atoms with Crippen molar-refractivity contribution in [2.24, 2.45) is 5.92 Å². The number of hydrogen-bond donors (Lipinski definition) is 2. The van der Waals surface area contributed by atoms with Gasteiger partial charge in [-0.3, -0.25) is 0 Å². The molecule has 0 unspecified atom stereocenters. The third-order valence-electron chi connectivity index (χ3n) is 4.65. The van der Waals surface area contributed by atoms with E-state index >= 15 is 0 Å². The fourth-order valence-corrected chi connectivity index (χ4v) is 3.15. The van der Waals surface area contributed by atoms with Crippen LogP contribution in [0.1, 0.15) is 43.2 Å². The fraction of sp³-hybridized carbons (Fsp3) is 0.474. The van der Waals surface area contributed by atoms with Crippen molar-refractivity contribution < 1.29 is 4.39 Å². The first-order valence-electron chi connectivity index (χ1n) is 8.77. The van der Waals surface area contributed by atoms with Gasteiger partial charge in [-0.25, -0.2) is 9.37 Å². The Morgan fingerprint density at radius 1 is 1.12 bits per heavy atom. The van der Waals surface area contributed by atoms with Crippen LogP contribution in [-0.2, 0) is 6.54 Å². The summed E-state index contributed by atoms with van der Waals surface area (Å²) in [4.78, 5) is 8.84. The Bertz CT molecular complexity index is 668. The lowest BCUT2D eigenvalue weighted by atomic mass is 9.89. The average Bonchev–Trinajstić information content (AvgIpc) is 2.62. The molecule has 0 amide bonds. The van der Waals surface area contributed by atoms with Gasteiger partial charge in [0.2, 0.25) is 5.95 Å². The zero-order chi connectivity index (χ0) is 16.8. The lowest BCUT2D eigenvalue weighted by Crippen LogP contribution is -2.18. The van der Waals surface area contributed by atoms with E-state index in [2.05, 4.69) is 20.6 Å². The van der Waals surface area contributed by atoms with E-state index in [1.165, 1.54) is 38.2 Å². The van der Waals surface area contributed by atoms with E-state index < -0.39 is 0 Å². The minimum atomic E-state index is -0.215. The minimum absolute atomic E-state index is 0.215. The molecule has 1 heterocycles. The van der Waals surface area contributed by atoms with Crippen LogP contribution in [0.5, 0.6) is 0 Å². The molecule has 2 aromatic rings. The molecular weight excluding hydrogens is 303 g/mol. The maximum Gasteiger partial charge on any atom is 0.224 e. The van der Waals surface area contributed by atoms with Crippen LogP contribution in [0.25, 0.3) is 0 Å². The molecule has 0 aliphatic heterocycles. The van der Waals surface area contributed by atoms with Gasteiger partial charge < -0.3 is 10.6 Å². The molecule has 24 heavy (non-hydrogen) atoms. The van der Waals surface area contributed by atoms with Crippen molar-refractivity contribution in [3.8, 4) is 0 Å². The number of nitrogens with zero attached hydrogens (tertiary/aromatic N) is 2. The van der Waals surface area contributed by atoms with Crippen molar-refractivity contribution in [2.75, 3.05) is 17.2 Å². The van der Waals surface area contributed by atoms with Gasteiger partial charge in [-0.05, 0) is 31.7 Å². The van der Waals surface area contributed by atoms with Crippen molar-refractivity contribution in [2.45, 2.75) is 45.6 Å². The molecule has 0 saturated heterocycles. The maximum atomic E-state index is 13.7. The van der Waals surface area contributed by atoms with Crippen molar-refractivity contribution in [3.05, 3.63) is 47.4 Å². The van der Waals surface area contributed by atoms with Gasteiger partial charge in [-0.2, -0.15) is 4.98 Å². The summed E-state index contributed by atoms with van der Waals surface area (Å²) in [5.41, 5.74) is 1.64. The van der Waals surface area contributed by atoms with Crippen LogP contribution < -0.4 is 10.6 Å². The molecule has 2 N–H and O–H groups in total. The largest absolute Gasteiger partial charge is 0.369 e. The Labute approximate surface area is 142 Å². The van der Waals surface area contributed by atoms with Crippen LogP contribution >= 0.6 is 0 Å². The quantitative estimate of drug-likeness (QED) is 0.818. The van der Waals surface area contributed by atoms with Crippen molar-refractivity contribution in [1.29, 1.82) is 0 Å². The topological polar surface area (TPSA) is 49.8 Å². The zero-order valence-corrected chi connectivity index (χ0v) is 14.2.